The number of carbonyl (C=O) groups excluding carboxylic acids is 1. The standard InChI is InChI=1S/C30H30N8O2/c1-5-28(39)37-12-13-38(20(3)16-37)27-11-8-23-29(35-27)30(32-17-31-23)34-21-6-10-26(19(2)14-21)40-22-7-9-25-24(15-22)33-18-36(25)4/h5-11,14-15,17-18,20H,1,12-13,16H2,2-4H3,(H,31,32,34). The Morgan fingerprint density at radius 2 is 1.95 bits per heavy atom. The van der Waals surface area contributed by atoms with Gasteiger partial charge >= 0.3 is 0 Å². The molecule has 202 valence electrons. The zero-order valence-corrected chi connectivity index (χ0v) is 22.7. The van der Waals surface area contributed by atoms with E-state index in [0.29, 0.717) is 31.0 Å². The summed E-state index contributed by atoms with van der Waals surface area (Å²) in [4.78, 5) is 34.4. The van der Waals surface area contributed by atoms with Gasteiger partial charge in [-0.3, -0.25) is 4.79 Å². The molecule has 1 amide bonds. The lowest BCUT2D eigenvalue weighted by atomic mass is 10.1. The van der Waals surface area contributed by atoms with Gasteiger partial charge in [-0.05, 0) is 68.0 Å². The normalized spacial score (nSPS) is 15.4. The molecule has 2 aromatic carbocycles. The summed E-state index contributed by atoms with van der Waals surface area (Å²) in [7, 11) is 1.97. The van der Waals surface area contributed by atoms with Crippen LogP contribution in [0.1, 0.15) is 12.5 Å². The zero-order valence-electron chi connectivity index (χ0n) is 22.7. The quantitative estimate of drug-likeness (QED) is 0.305. The van der Waals surface area contributed by atoms with E-state index in [1.54, 1.807) is 6.33 Å². The second-order valence-corrected chi connectivity index (χ2v) is 10.0. The lowest BCUT2D eigenvalue weighted by Crippen LogP contribution is -2.53. The highest BCUT2D eigenvalue weighted by atomic mass is 16.5. The van der Waals surface area contributed by atoms with Crippen molar-refractivity contribution in [3.8, 4) is 11.5 Å². The summed E-state index contributed by atoms with van der Waals surface area (Å²) in [5, 5.41) is 3.41. The van der Waals surface area contributed by atoms with Crippen molar-refractivity contribution in [2.45, 2.75) is 19.9 Å². The monoisotopic (exact) mass is 534 g/mol. The molecule has 1 atom stereocenters. The van der Waals surface area contributed by atoms with Gasteiger partial charge in [0.05, 0.1) is 22.9 Å². The summed E-state index contributed by atoms with van der Waals surface area (Å²) in [6.07, 6.45) is 4.70. The Labute approximate surface area is 232 Å². The molecule has 0 spiro atoms. The van der Waals surface area contributed by atoms with Gasteiger partial charge in [-0.2, -0.15) is 0 Å². The van der Waals surface area contributed by atoms with Gasteiger partial charge in [0, 0.05) is 44.5 Å². The highest BCUT2D eigenvalue weighted by molar-refractivity contribution is 5.89. The zero-order chi connectivity index (χ0) is 27.8. The van der Waals surface area contributed by atoms with E-state index in [4.69, 9.17) is 9.72 Å². The molecule has 1 saturated heterocycles. The smallest absolute Gasteiger partial charge is 0.246 e. The number of rotatable bonds is 6. The average Bonchev–Trinajstić information content (AvgIpc) is 3.33. The van der Waals surface area contributed by atoms with Crippen LogP contribution in [0.5, 0.6) is 11.5 Å². The van der Waals surface area contributed by atoms with E-state index in [2.05, 4.69) is 38.7 Å². The molecular formula is C30H30N8O2. The molecule has 10 nitrogen and oxygen atoms in total. The van der Waals surface area contributed by atoms with Crippen molar-refractivity contribution in [1.82, 2.24) is 29.4 Å². The SMILES string of the molecule is C=CC(=O)N1CCN(c2ccc3ncnc(Nc4ccc(Oc5ccc6c(c5)ncn6C)c(C)c4)c3n2)C(C)C1. The molecule has 4 heterocycles. The van der Waals surface area contributed by atoms with Gasteiger partial charge < -0.3 is 24.4 Å². The van der Waals surface area contributed by atoms with Crippen molar-refractivity contribution in [3.05, 3.63) is 79.4 Å². The largest absolute Gasteiger partial charge is 0.457 e. The molecule has 1 aliphatic rings. The summed E-state index contributed by atoms with van der Waals surface area (Å²) in [5.41, 5.74) is 5.20. The first-order valence-electron chi connectivity index (χ1n) is 13.2. The van der Waals surface area contributed by atoms with Gasteiger partial charge in [0.1, 0.15) is 29.2 Å². The lowest BCUT2D eigenvalue weighted by molar-refractivity contribution is -0.126. The van der Waals surface area contributed by atoms with Gasteiger partial charge in [-0.25, -0.2) is 19.9 Å². The molecule has 1 fully saturated rings. The number of fused-ring (bicyclic) bond motifs is 2. The van der Waals surface area contributed by atoms with Crippen LogP contribution in [-0.4, -0.2) is 61.0 Å². The molecule has 1 aliphatic heterocycles. The summed E-state index contributed by atoms with van der Waals surface area (Å²) in [5.74, 6) is 2.90. The number of hydrogen-bond acceptors (Lipinski definition) is 8. The summed E-state index contributed by atoms with van der Waals surface area (Å²) < 4.78 is 8.15. The minimum atomic E-state index is -0.0427. The van der Waals surface area contributed by atoms with Crippen LogP contribution in [-0.2, 0) is 11.8 Å². The number of imidazole rings is 1. The Hall–Kier alpha value is -4.99. The lowest BCUT2D eigenvalue weighted by Gasteiger charge is -2.40. The average molecular weight is 535 g/mol. The molecule has 1 N–H and O–H groups in total. The van der Waals surface area contributed by atoms with Crippen molar-refractivity contribution in [2.75, 3.05) is 29.9 Å². The molecule has 10 heteroatoms. The maximum atomic E-state index is 12.1. The summed E-state index contributed by atoms with van der Waals surface area (Å²) >= 11 is 0. The van der Waals surface area contributed by atoms with E-state index >= 15 is 0 Å². The highest BCUT2D eigenvalue weighted by Crippen LogP contribution is 2.31. The Morgan fingerprint density at radius 1 is 1.07 bits per heavy atom. The first-order chi connectivity index (χ1) is 19.4. The van der Waals surface area contributed by atoms with E-state index in [-0.39, 0.29) is 11.9 Å². The van der Waals surface area contributed by atoms with E-state index in [1.807, 2.05) is 72.0 Å². The third-order valence-electron chi connectivity index (χ3n) is 7.24. The van der Waals surface area contributed by atoms with E-state index < -0.39 is 0 Å². The number of nitrogens with one attached hydrogen (secondary N) is 1. The number of anilines is 3. The molecule has 5 aromatic rings. The Bertz CT molecular complexity index is 1750. The minimum Gasteiger partial charge on any atom is -0.457 e. The second-order valence-electron chi connectivity index (χ2n) is 10.0. The van der Waals surface area contributed by atoms with Gasteiger partial charge in [0.2, 0.25) is 5.91 Å². The number of aryl methyl sites for hydroxylation is 2. The molecular weight excluding hydrogens is 504 g/mol. The Balaban J connectivity index is 1.22. The number of ether oxygens (including phenoxy) is 1. The van der Waals surface area contributed by atoms with Crippen LogP contribution in [0.15, 0.2) is 73.8 Å². The van der Waals surface area contributed by atoms with Crippen molar-refractivity contribution in [2.24, 2.45) is 7.05 Å². The van der Waals surface area contributed by atoms with E-state index in [1.165, 1.54) is 12.4 Å². The van der Waals surface area contributed by atoms with Crippen molar-refractivity contribution in [1.29, 1.82) is 0 Å². The van der Waals surface area contributed by atoms with Crippen LogP contribution in [0.2, 0.25) is 0 Å². The van der Waals surface area contributed by atoms with Gasteiger partial charge in [-0.1, -0.05) is 6.58 Å². The maximum Gasteiger partial charge on any atom is 0.246 e. The number of aromatic nitrogens is 5. The number of carbonyl (C=O) groups is 1. The van der Waals surface area contributed by atoms with Crippen LogP contribution in [0.25, 0.3) is 22.1 Å². The van der Waals surface area contributed by atoms with Crippen LogP contribution in [0.4, 0.5) is 17.3 Å². The third-order valence-corrected chi connectivity index (χ3v) is 7.24. The predicted octanol–water partition coefficient (Wildman–Crippen LogP) is 4.98. The van der Waals surface area contributed by atoms with Crippen molar-refractivity contribution < 1.29 is 9.53 Å². The molecule has 40 heavy (non-hydrogen) atoms. The second kappa shape index (κ2) is 10.3. The molecule has 0 saturated carbocycles. The number of benzene rings is 2. The number of pyridine rings is 1. The molecule has 0 bridgehead atoms. The molecule has 6 rings (SSSR count). The fraction of sp³-hybridized carbons (Fsp3) is 0.233. The van der Waals surface area contributed by atoms with Crippen molar-refractivity contribution >= 4 is 45.3 Å². The third kappa shape index (κ3) is 4.79. The minimum absolute atomic E-state index is 0.0427. The maximum absolute atomic E-state index is 12.1. The molecule has 3 aromatic heterocycles. The molecule has 1 unspecified atom stereocenters. The van der Waals surface area contributed by atoms with Gasteiger partial charge in [0.15, 0.2) is 5.82 Å². The van der Waals surface area contributed by atoms with Crippen LogP contribution in [0, 0.1) is 6.92 Å². The van der Waals surface area contributed by atoms with Crippen LogP contribution >= 0.6 is 0 Å². The summed E-state index contributed by atoms with van der Waals surface area (Å²) in [6, 6.07) is 15.8. The predicted molar refractivity (Wildman–Crippen MR) is 156 cm³/mol. The summed E-state index contributed by atoms with van der Waals surface area (Å²) in [6.45, 7) is 9.63. The number of nitrogens with zero attached hydrogens (tertiary/aromatic N) is 7. The van der Waals surface area contributed by atoms with Gasteiger partial charge in [0.25, 0.3) is 0 Å². The topological polar surface area (TPSA) is 101 Å². The van der Waals surface area contributed by atoms with E-state index in [9.17, 15) is 4.79 Å². The van der Waals surface area contributed by atoms with Crippen LogP contribution in [0.3, 0.4) is 0 Å². The first kappa shape index (κ1) is 25.3. The van der Waals surface area contributed by atoms with Gasteiger partial charge in [-0.15, -0.1) is 0 Å². The fourth-order valence-corrected chi connectivity index (χ4v) is 5.09. The Kier molecular flexibility index (Phi) is 6.51. The Morgan fingerprint density at radius 3 is 2.75 bits per heavy atom. The van der Waals surface area contributed by atoms with E-state index in [0.717, 1.165) is 45.1 Å². The van der Waals surface area contributed by atoms with Crippen molar-refractivity contribution in [3.63, 3.8) is 0 Å². The van der Waals surface area contributed by atoms with Crippen LogP contribution < -0.4 is 15.0 Å². The fourth-order valence-electron chi connectivity index (χ4n) is 5.09. The highest BCUT2D eigenvalue weighted by Gasteiger charge is 2.27. The number of hydrogen-bond donors (Lipinski definition) is 1. The number of amides is 1. The first-order valence-corrected chi connectivity index (χ1v) is 13.2. The molecule has 0 radical (unpaired) electrons. The number of piperazine rings is 1. The molecule has 0 aliphatic carbocycles.